The number of carboxylic acid groups (broad SMARTS) is 1. The van der Waals surface area contributed by atoms with Crippen LogP contribution < -0.4 is 30.6 Å². The number of carbonyl (C=O) groups is 1. The van der Waals surface area contributed by atoms with Crippen LogP contribution >= 0.6 is 0 Å². The summed E-state index contributed by atoms with van der Waals surface area (Å²) in [6.45, 7) is 2.83. The number of aromatic hydroxyl groups is 2. The molecule has 0 aromatic heterocycles. The van der Waals surface area contributed by atoms with E-state index in [1.807, 2.05) is 12.1 Å². The van der Waals surface area contributed by atoms with Gasteiger partial charge in [-0.2, -0.15) is 0 Å². The number of phenols is 2. The molecule has 4 aliphatic rings. The number of piperidine rings is 1. The van der Waals surface area contributed by atoms with Crippen LogP contribution in [-0.2, 0) is 16.0 Å². The van der Waals surface area contributed by atoms with Crippen LogP contribution in [0.2, 0.25) is 0 Å². The number of aryl methyl sites for hydroxylation is 1. The summed E-state index contributed by atoms with van der Waals surface area (Å²) in [5.41, 5.74) is 7.26. The summed E-state index contributed by atoms with van der Waals surface area (Å²) in [5.74, 6) is 0.581. The van der Waals surface area contributed by atoms with Gasteiger partial charge in [0.1, 0.15) is 6.61 Å². The number of benzene rings is 2. The van der Waals surface area contributed by atoms with Gasteiger partial charge >= 0.3 is 5.97 Å². The number of carboxylic acids is 1. The number of allylic oxidation sites excluding steroid dienone is 2. The number of hydrogen-bond acceptors (Lipinski definition) is 11. The molecule has 0 bridgehead atoms. The van der Waals surface area contributed by atoms with Gasteiger partial charge in [-0.3, -0.25) is 4.79 Å². The molecule has 3 heterocycles. The molecule has 2 aromatic carbocycles. The fourth-order valence-corrected chi connectivity index (χ4v) is 9.40. The average Bonchev–Trinajstić information content (AvgIpc) is 3.15. The molecule has 0 spiro atoms. The molecule has 6 atom stereocenters. The molecular weight excluding hydrogens is 678 g/mol. The molecule has 8 N–H and O–H groups in total. The highest BCUT2D eigenvalue weighted by molar-refractivity contribution is 5.76. The first-order chi connectivity index (χ1) is 25.5. The molecule has 2 saturated heterocycles. The van der Waals surface area contributed by atoms with Crippen molar-refractivity contribution < 1.29 is 44.2 Å². The second kappa shape index (κ2) is 16.5. The second-order valence-corrected chi connectivity index (χ2v) is 15.5. The number of aliphatic carboxylic acids is 1. The SMILES string of the molecule is COc1cc(CC[C@H]2C[C@H](O)C[C@@H](c3cc(OC)c(O)c(OC[C@H]4N[C@@H](C)CC[C@]4(CC4=CCNC(N)=C4)C4(C(=O)O)CCCCC4)c3)O2)ccc1O. The molecule has 0 unspecified atom stereocenters. The zero-order valence-electron chi connectivity index (χ0n) is 31.2. The van der Waals surface area contributed by atoms with Crippen molar-refractivity contribution in [3.63, 3.8) is 0 Å². The first kappa shape index (κ1) is 38.6. The Labute approximate surface area is 312 Å². The van der Waals surface area contributed by atoms with Gasteiger partial charge in [0.15, 0.2) is 23.0 Å². The van der Waals surface area contributed by atoms with Crippen LogP contribution in [0, 0.1) is 10.8 Å². The number of aliphatic hydroxyl groups excluding tert-OH is 1. The van der Waals surface area contributed by atoms with Crippen molar-refractivity contribution in [1.82, 2.24) is 10.6 Å². The standard InChI is InChI=1S/C41H57N3O9/c1-25-11-15-41(23-27-12-16-43-37(42)18-27,40(39(48)49)13-5-4-6-14-40)36(44-25)24-52-35-20-28(19-34(51-3)38(35)47)32-22-29(45)21-30(53-32)9-7-26-8-10-31(46)33(17-26)50-2/h8,10,12,17-20,25,29-30,32,36,43-47H,4-7,9,11,13-16,21-24,42H2,1-3H3,(H,48,49)/t25-,29-,30-,32-,36+,41+/m0/s1. The van der Waals surface area contributed by atoms with E-state index in [0.717, 1.165) is 36.8 Å². The van der Waals surface area contributed by atoms with Gasteiger partial charge in [0.25, 0.3) is 0 Å². The Bertz CT molecular complexity index is 1670. The Morgan fingerprint density at radius 3 is 2.49 bits per heavy atom. The summed E-state index contributed by atoms with van der Waals surface area (Å²) in [7, 11) is 3.00. The molecule has 290 valence electrons. The second-order valence-electron chi connectivity index (χ2n) is 15.5. The van der Waals surface area contributed by atoms with Gasteiger partial charge in [0.2, 0.25) is 5.75 Å². The highest BCUT2D eigenvalue weighted by atomic mass is 16.5. The summed E-state index contributed by atoms with van der Waals surface area (Å²) >= 11 is 0. The number of dihydropyridines is 1. The average molecular weight is 736 g/mol. The third-order valence-electron chi connectivity index (χ3n) is 12.2. The van der Waals surface area contributed by atoms with E-state index < -0.39 is 29.0 Å². The van der Waals surface area contributed by atoms with Gasteiger partial charge in [-0.05, 0) is 105 Å². The normalized spacial score (nSPS) is 28.6. The largest absolute Gasteiger partial charge is 0.504 e. The number of ether oxygens (including phenoxy) is 4. The lowest BCUT2D eigenvalue weighted by molar-refractivity contribution is -0.170. The van der Waals surface area contributed by atoms with Gasteiger partial charge in [-0.15, -0.1) is 0 Å². The van der Waals surface area contributed by atoms with Crippen molar-refractivity contribution in [3.05, 3.63) is 65.0 Å². The fourth-order valence-electron chi connectivity index (χ4n) is 9.40. The lowest BCUT2D eigenvalue weighted by atomic mass is 9.49. The predicted molar refractivity (Wildman–Crippen MR) is 200 cm³/mol. The molecular formula is C41H57N3O9. The summed E-state index contributed by atoms with van der Waals surface area (Å²) in [6.07, 6.45) is 10.8. The third kappa shape index (κ3) is 8.19. The Kier molecular flexibility index (Phi) is 12.0. The Morgan fingerprint density at radius 2 is 1.77 bits per heavy atom. The monoisotopic (exact) mass is 735 g/mol. The minimum Gasteiger partial charge on any atom is -0.504 e. The van der Waals surface area contributed by atoms with E-state index in [9.17, 15) is 25.2 Å². The quantitative estimate of drug-likeness (QED) is 0.136. The Balaban J connectivity index is 1.27. The molecule has 1 aliphatic carbocycles. The van der Waals surface area contributed by atoms with Crippen LogP contribution in [-0.4, -0.2) is 78.1 Å². The maximum Gasteiger partial charge on any atom is 0.310 e. The molecule has 53 heavy (non-hydrogen) atoms. The zero-order chi connectivity index (χ0) is 37.8. The van der Waals surface area contributed by atoms with E-state index in [2.05, 4.69) is 23.6 Å². The van der Waals surface area contributed by atoms with Crippen molar-refractivity contribution in [1.29, 1.82) is 0 Å². The molecule has 12 heteroatoms. The van der Waals surface area contributed by atoms with Crippen molar-refractivity contribution >= 4 is 5.97 Å². The molecule has 3 aliphatic heterocycles. The number of methoxy groups -OCH3 is 2. The van der Waals surface area contributed by atoms with Gasteiger partial charge < -0.3 is 55.7 Å². The van der Waals surface area contributed by atoms with E-state index >= 15 is 0 Å². The molecule has 2 aromatic rings. The smallest absolute Gasteiger partial charge is 0.310 e. The highest BCUT2D eigenvalue weighted by Gasteiger charge is 2.61. The molecule has 0 amide bonds. The molecule has 0 radical (unpaired) electrons. The number of nitrogens with one attached hydrogen (secondary N) is 2. The van der Waals surface area contributed by atoms with E-state index in [-0.39, 0.29) is 47.8 Å². The minimum atomic E-state index is -0.964. The van der Waals surface area contributed by atoms with E-state index in [1.165, 1.54) is 14.2 Å². The van der Waals surface area contributed by atoms with Gasteiger partial charge in [-0.1, -0.05) is 31.4 Å². The molecule has 12 nitrogen and oxygen atoms in total. The lowest BCUT2D eigenvalue weighted by Crippen LogP contribution is -2.65. The van der Waals surface area contributed by atoms with E-state index in [0.29, 0.717) is 75.0 Å². The van der Waals surface area contributed by atoms with Crippen LogP contribution in [0.1, 0.15) is 94.8 Å². The van der Waals surface area contributed by atoms with Crippen LogP contribution in [0.4, 0.5) is 0 Å². The van der Waals surface area contributed by atoms with Crippen molar-refractivity contribution in [2.75, 3.05) is 27.4 Å². The summed E-state index contributed by atoms with van der Waals surface area (Å²) in [6, 6.07) is 8.53. The highest BCUT2D eigenvalue weighted by Crippen LogP contribution is 2.59. The van der Waals surface area contributed by atoms with Crippen LogP contribution in [0.5, 0.6) is 28.7 Å². The summed E-state index contributed by atoms with van der Waals surface area (Å²) in [5, 5.41) is 50.3. The number of nitrogens with two attached hydrogens (primary N) is 1. The minimum absolute atomic E-state index is 0.0799. The van der Waals surface area contributed by atoms with Gasteiger partial charge in [0.05, 0.1) is 43.8 Å². The Morgan fingerprint density at radius 1 is 1.02 bits per heavy atom. The number of phenolic OH excluding ortho intramolecular Hbond substituents is 2. The molecule has 6 rings (SSSR count). The van der Waals surface area contributed by atoms with E-state index in [4.69, 9.17) is 24.7 Å². The maximum absolute atomic E-state index is 13.5. The first-order valence-corrected chi connectivity index (χ1v) is 19.1. The van der Waals surface area contributed by atoms with E-state index in [1.54, 1.807) is 24.3 Å². The van der Waals surface area contributed by atoms with Crippen LogP contribution in [0.3, 0.4) is 0 Å². The number of aliphatic hydroxyl groups is 1. The van der Waals surface area contributed by atoms with Crippen LogP contribution in [0.15, 0.2) is 53.9 Å². The first-order valence-electron chi connectivity index (χ1n) is 19.1. The van der Waals surface area contributed by atoms with Gasteiger partial charge in [-0.25, -0.2) is 0 Å². The number of hydrogen-bond donors (Lipinski definition) is 7. The Hall–Kier alpha value is -4.13. The van der Waals surface area contributed by atoms with Gasteiger partial charge in [0, 0.05) is 30.5 Å². The van der Waals surface area contributed by atoms with Crippen molar-refractivity contribution in [2.24, 2.45) is 16.6 Å². The fraction of sp³-hybridized carbons (Fsp3) is 0.585. The summed E-state index contributed by atoms with van der Waals surface area (Å²) in [4.78, 5) is 13.5. The third-order valence-corrected chi connectivity index (χ3v) is 12.2. The number of rotatable bonds is 13. The van der Waals surface area contributed by atoms with Crippen molar-refractivity contribution in [2.45, 2.75) is 114 Å². The maximum atomic E-state index is 13.5. The van der Waals surface area contributed by atoms with Crippen molar-refractivity contribution in [3.8, 4) is 28.7 Å². The lowest BCUT2D eigenvalue weighted by Gasteiger charge is -2.57. The molecule has 1 saturated carbocycles. The zero-order valence-corrected chi connectivity index (χ0v) is 31.2. The molecule has 3 fully saturated rings. The topological polar surface area (TPSA) is 185 Å². The van der Waals surface area contributed by atoms with Crippen LogP contribution in [0.25, 0.3) is 0 Å². The predicted octanol–water partition coefficient (Wildman–Crippen LogP) is 5.59. The summed E-state index contributed by atoms with van der Waals surface area (Å²) < 4.78 is 24.0.